The molecule has 0 unspecified atom stereocenters. The molecule has 0 spiro atoms. The summed E-state index contributed by atoms with van der Waals surface area (Å²) >= 11 is 0. The van der Waals surface area contributed by atoms with Crippen molar-refractivity contribution in [2.45, 2.75) is 33.2 Å². The molecule has 1 aromatic heterocycles. The molecule has 36 heavy (non-hydrogen) atoms. The Morgan fingerprint density at radius 3 is 2.33 bits per heavy atom. The van der Waals surface area contributed by atoms with E-state index in [9.17, 15) is 14.4 Å². The molecule has 1 N–H and O–H groups in total. The number of carbonyl (C=O) groups excluding carboxylic acids is 1. The summed E-state index contributed by atoms with van der Waals surface area (Å²) in [4.78, 5) is 41.9. The number of hydrogen-bond donors (Lipinski definition) is 1. The third-order valence-corrected chi connectivity index (χ3v) is 6.36. The van der Waals surface area contributed by atoms with Crippen LogP contribution < -0.4 is 16.6 Å². The fraction of sp³-hybridized carbons (Fsp3) is 0.407. The summed E-state index contributed by atoms with van der Waals surface area (Å²) in [6, 6.07) is 15.0. The van der Waals surface area contributed by atoms with E-state index < -0.39 is 17.2 Å². The lowest BCUT2D eigenvalue weighted by Gasteiger charge is -2.26. The Bertz CT molecular complexity index is 1300. The number of nitrogens with one attached hydrogen (secondary N) is 1. The SMILES string of the molecule is Cc1ccc(Cn2c(=O)c(C(=O)NCCN3CCOCC3)nn(-c3ccc(C(C)C)cc3)c2=O)cc1. The van der Waals surface area contributed by atoms with E-state index >= 15 is 0 Å². The lowest BCUT2D eigenvalue weighted by atomic mass is 10.0. The summed E-state index contributed by atoms with van der Waals surface area (Å²) in [5.41, 5.74) is 1.85. The van der Waals surface area contributed by atoms with Gasteiger partial charge in [-0.3, -0.25) is 19.1 Å². The Labute approximate surface area is 210 Å². The number of morpholine rings is 1. The van der Waals surface area contributed by atoms with Gasteiger partial charge in [-0.25, -0.2) is 4.79 Å². The molecule has 2 aromatic carbocycles. The zero-order valence-corrected chi connectivity index (χ0v) is 21.1. The van der Waals surface area contributed by atoms with Crippen LogP contribution in [0.5, 0.6) is 0 Å². The van der Waals surface area contributed by atoms with Gasteiger partial charge in [0.25, 0.3) is 11.5 Å². The van der Waals surface area contributed by atoms with E-state index in [2.05, 4.69) is 29.2 Å². The number of aryl methyl sites for hydroxylation is 1. The molecular weight excluding hydrogens is 458 g/mol. The fourth-order valence-electron chi connectivity index (χ4n) is 4.08. The maximum absolute atomic E-state index is 13.4. The van der Waals surface area contributed by atoms with E-state index in [1.165, 1.54) is 0 Å². The van der Waals surface area contributed by atoms with Gasteiger partial charge in [-0.05, 0) is 36.1 Å². The lowest BCUT2D eigenvalue weighted by molar-refractivity contribution is 0.0383. The van der Waals surface area contributed by atoms with Gasteiger partial charge < -0.3 is 10.1 Å². The van der Waals surface area contributed by atoms with Gasteiger partial charge in [0.2, 0.25) is 5.69 Å². The average Bonchev–Trinajstić information content (AvgIpc) is 2.88. The lowest BCUT2D eigenvalue weighted by Crippen LogP contribution is -2.47. The largest absolute Gasteiger partial charge is 0.379 e. The second-order valence-corrected chi connectivity index (χ2v) is 9.38. The van der Waals surface area contributed by atoms with Gasteiger partial charge in [0.15, 0.2) is 0 Å². The molecule has 190 valence electrons. The van der Waals surface area contributed by atoms with Crippen molar-refractivity contribution in [3.05, 3.63) is 91.8 Å². The van der Waals surface area contributed by atoms with Gasteiger partial charge in [-0.1, -0.05) is 55.8 Å². The Kier molecular flexibility index (Phi) is 8.12. The van der Waals surface area contributed by atoms with E-state index in [0.717, 1.165) is 39.0 Å². The van der Waals surface area contributed by atoms with Crippen LogP contribution in [0.2, 0.25) is 0 Å². The van der Waals surface area contributed by atoms with Gasteiger partial charge in [-0.15, -0.1) is 0 Å². The normalized spacial score (nSPS) is 14.2. The van der Waals surface area contributed by atoms with Gasteiger partial charge >= 0.3 is 5.69 Å². The summed E-state index contributed by atoms with van der Waals surface area (Å²) in [6.45, 7) is 10.1. The van der Waals surface area contributed by atoms with Crippen molar-refractivity contribution in [3.63, 3.8) is 0 Å². The van der Waals surface area contributed by atoms with Crippen LogP contribution in [0.15, 0.2) is 58.1 Å². The molecule has 0 saturated carbocycles. The van der Waals surface area contributed by atoms with Crippen LogP contribution in [0, 0.1) is 6.92 Å². The first kappa shape index (κ1) is 25.5. The zero-order valence-electron chi connectivity index (χ0n) is 21.1. The molecule has 3 aromatic rings. The smallest absolute Gasteiger partial charge is 0.352 e. The maximum Gasteiger partial charge on any atom is 0.352 e. The van der Waals surface area contributed by atoms with Crippen LogP contribution in [0.1, 0.15) is 46.9 Å². The number of nitrogens with zero attached hydrogens (tertiary/aromatic N) is 4. The van der Waals surface area contributed by atoms with Gasteiger partial charge in [0, 0.05) is 26.2 Å². The first-order chi connectivity index (χ1) is 17.3. The minimum atomic E-state index is -0.709. The molecule has 4 rings (SSSR count). The predicted octanol–water partition coefficient (Wildman–Crippen LogP) is 1.94. The summed E-state index contributed by atoms with van der Waals surface area (Å²) in [6.07, 6.45) is 0. The van der Waals surface area contributed by atoms with Crippen molar-refractivity contribution >= 4 is 5.91 Å². The third-order valence-electron chi connectivity index (χ3n) is 6.36. The van der Waals surface area contributed by atoms with E-state index in [1.54, 1.807) is 12.1 Å². The Hall–Kier alpha value is -3.56. The van der Waals surface area contributed by atoms with Crippen LogP contribution in [0.3, 0.4) is 0 Å². The molecule has 2 heterocycles. The van der Waals surface area contributed by atoms with Crippen molar-refractivity contribution in [2.24, 2.45) is 0 Å². The van der Waals surface area contributed by atoms with Crippen LogP contribution in [0.25, 0.3) is 5.69 Å². The van der Waals surface area contributed by atoms with Crippen molar-refractivity contribution in [3.8, 4) is 5.69 Å². The third kappa shape index (κ3) is 5.98. The standard InChI is InChI=1S/C27H33N5O4/c1-19(2)22-8-10-23(11-9-22)32-27(35)31(18-21-6-4-20(3)5-7-21)26(34)24(29-32)25(33)28-12-13-30-14-16-36-17-15-30/h4-11,19H,12-18H2,1-3H3,(H,28,33). The van der Waals surface area contributed by atoms with Gasteiger partial charge in [0.05, 0.1) is 25.4 Å². The summed E-state index contributed by atoms with van der Waals surface area (Å²) in [7, 11) is 0. The average molecular weight is 492 g/mol. The molecular formula is C27H33N5O4. The molecule has 0 radical (unpaired) electrons. The number of hydrogen-bond acceptors (Lipinski definition) is 6. The topological polar surface area (TPSA) is 98.5 Å². The van der Waals surface area contributed by atoms with Crippen LogP contribution in [-0.4, -0.2) is 64.5 Å². The highest BCUT2D eigenvalue weighted by atomic mass is 16.5. The van der Waals surface area contributed by atoms with Crippen LogP contribution >= 0.6 is 0 Å². The summed E-state index contributed by atoms with van der Waals surface area (Å²) < 4.78 is 7.56. The fourth-order valence-corrected chi connectivity index (χ4v) is 4.08. The first-order valence-electron chi connectivity index (χ1n) is 12.3. The minimum absolute atomic E-state index is 0.0403. The molecule has 1 aliphatic rings. The van der Waals surface area contributed by atoms with E-state index in [4.69, 9.17) is 4.74 Å². The highest BCUT2D eigenvalue weighted by Crippen LogP contribution is 2.15. The van der Waals surface area contributed by atoms with Crippen molar-refractivity contribution in [1.82, 2.24) is 24.6 Å². The van der Waals surface area contributed by atoms with Gasteiger partial charge in [0.1, 0.15) is 0 Å². The van der Waals surface area contributed by atoms with Crippen molar-refractivity contribution < 1.29 is 9.53 Å². The summed E-state index contributed by atoms with van der Waals surface area (Å²) in [5, 5.41) is 7.02. The number of carbonyl (C=O) groups is 1. The highest BCUT2D eigenvalue weighted by molar-refractivity contribution is 5.91. The molecule has 9 nitrogen and oxygen atoms in total. The van der Waals surface area contributed by atoms with Gasteiger partial charge in [-0.2, -0.15) is 9.78 Å². The molecule has 1 amide bonds. The molecule has 0 bridgehead atoms. The van der Waals surface area contributed by atoms with Crippen molar-refractivity contribution in [2.75, 3.05) is 39.4 Å². The second-order valence-electron chi connectivity index (χ2n) is 9.38. The quantitative estimate of drug-likeness (QED) is 0.517. The van der Waals surface area contributed by atoms with E-state index in [1.807, 2.05) is 43.3 Å². The number of ether oxygens (including phenoxy) is 1. The van der Waals surface area contributed by atoms with E-state index in [0.29, 0.717) is 37.9 Å². The summed E-state index contributed by atoms with van der Waals surface area (Å²) in [5.74, 6) is -0.273. The first-order valence-corrected chi connectivity index (χ1v) is 12.3. The Morgan fingerprint density at radius 2 is 1.69 bits per heavy atom. The molecule has 0 aliphatic carbocycles. The monoisotopic (exact) mass is 491 g/mol. The predicted molar refractivity (Wildman–Crippen MR) is 138 cm³/mol. The molecule has 9 heteroatoms. The Morgan fingerprint density at radius 1 is 1.03 bits per heavy atom. The molecule has 1 saturated heterocycles. The maximum atomic E-state index is 13.4. The van der Waals surface area contributed by atoms with Crippen LogP contribution in [0.4, 0.5) is 0 Å². The number of aromatic nitrogens is 3. The number of amides is 1. The minimum Gasteiger partial charge on any atom is -0.379 e. The van der Waals surface area contributed by atoms with Crippen molar-refractivity contribution in [1.29, 1.82) is 0 Å². The molecule has 1 fully saturated rings. The van der Waals surface area contributed by atoms with Crippen LogP contribution in [-0.2, 0) is 11.3 Å². The Balaban J connectivity index is 1.67. The molecule has 1 aliphatic heterocycles. The second kappa shape index (κ2) is 11.5. The highest BCUT2D eigenvalue weighted by Gasteiger charge is 2.21. The zero-order chi connectivity index (χ0) is 25.7. The number of benzene rings is 2. The van der Waals surface area contributed by atoms with E-state index in [-0.39, 0.29) is 12.2 Å². The molecule has 0 atom stereocenters. The number of rotatable bonds is 8.